The van der Waals surface area contributed by atoms with Crippen molar-refractivity contribution in [3.05, 3.63) is 46.8 Å². The monoisotopic (exact) mass is 369 g/mol. The number of amides is 1. The van der Waals surface area contributed by atoms with Crippen LogP contribution in [0, 0.1) is 6.92 Å². The quantitative estimate of drug-likeness (QED) is 0.745. The van der Waals surface area contributed by atoms with E-state index in [0.29, 0.717) is 5.69 Å². The van der Waals surface area contributed by atoms with Gasteiger partial charge in [-0.15, -0.1) is 0 Å². The number of likely N-dealkylation sites (tertiary alicyclic amines) is 1. The molecule has 1 N–H and O–H groups in total. The van der Waals surface area contributed by atoms with Gasteiger partial charge in [-0.25, -0.2) is 4.98 Å². The molecule has 1 atom stereocenters. The third-order valence-corrected chi connectivity index (χ3v) is 5.82. The van der Waals surface area contributed by atoms with Crippen molar-refractivity contribution in [2.75, 3.05) is 6.54 Å². The Kier molecular flexibility index (Phi) is 4.88. The molecule has 0 bridgehead atoms. The van der Waals surface area contributed by atoms with Crippen LogP contribution in [0.4, 0.5) is 0 Å². The van der Waals surface area contributed by atoms with Crippen LogP contribution in [0.25, 0.3) is 11.3 Å². The van der Waals surface area contributed by atoms with Crippen LogP contribution in [-0.4, -0.2) is 43.1 Å². The van der Waals surface area contributed by atoms with Crippen molar-refractivity contribution in [1.82, 2.24) is 24.6 Å². The number of hydrogen-bond donors (Lipinski definition) is 1. The minimum Gasteiger partial charge on any atom is -0.335 e. The van der Waals surface area contributed by atoms with Gasteiger partial charge in [-0.1, -0.05) is 0 Å². The minimum absolute atomic E-state index is 0.0611. The molecule has 4 heterocycles. The van der Waals surface area contributed by atoms with E-state index in [0.717, 1.165) is 49.4 Å². The number of imidazole rings is 1. The number of aromatic amines is 1. The van der Waals surface area contributed by atoms with Gasteiger partial charge in [0.1, 0.15) is 11.5 Å². The number of carbonyl (C=O) groups excluding carboxylic acids is 1. The first-order chi connectivity index (χ1) is 12.7. The van der Waals surface area contributed by atoms with Crippen LogP contribution in [0.1, 0.15) is 42.0 Å². The molecular formula is C19H23N5OS. The first-order valence-electron chi connectivity index (χ1n) is 9.09. The summed E-state index contributed by atoms with van der Waals surface area (Å²) in [5.74, 6) is 1.08. The average molecular weight is 369 g/mol. The predicted molar refractivity (Wildman–Crippen MR) is 102 cm³/mol. The number of carbonyl (C=O) groups is 1. The molecule has 1 aliphatic rings. The maximum atomic E-state index is 13.1. The van der Waals surface area contributed by atoms with Gasteiger partial charge in [0.25, 0.3) is 5.91 Å². The van der Waals surface area contributed by atoms with Gasteiger partial charge in [0, 0.05) is 42.5 Å². The number of hydrogen-bond acceptors (Lipinski definition) is 4. The molecule has 136 valence electrons. The number of piperidine rings is 1. The molecule has 1 saturated heterocycles. The van der Waals surface area contributed by atoms with E-state index in [1.807, 2.05) is 47.1 Å². The molecule has 1 fully saturated rings. The van der Waals surface area contributed by atoms with Gasteiger partial charge in [-0.3, -0.25) is 9.89 Å². The number of rotatable bonds is 5. The molecule has 0 spiro atoms. The Balaban J connectivity index is 1.47. The molecular weight excluding hydrogens is 346 g/mol. The highest BCUT2D eigenvalue weighted by atomic mass is 32.1. The molecule has 0 radical (unpaired) electrons. The van der Waals surface area contributed by atoms with Gasteiger partial charge in [-0.05, 0) is 50.1 Å². The fraction of sp³-hybridized carbons (Fsp3) is 0.421. The lowest BCUT2D eigenvalue weighted by molar-refractivity contribution is 0.0589. The third-order valence-electron chi connectivity index (χ3n) is 5.14. The van der Waals surface area contributed by atoms with Crippen molar-refractivity contribution in [1.29, 1.82) is 0 Å². The molecule has 1 aliphatic heterocycles. The van der Waals surface area contributed by atoms with E-state index >= 15 is 0 Å². The zero-order valence-corrected chi connectivity index (χ0v) is 15.7. The molecule has 7 heteroatoms. The van der Waals surface area contributed by atoms with Crippen molar-refractivity contribution in [3.8, 4) is 11.3 Å². The van der Waals surface area contributed by atoms with E-state index in [1.165, 1.54) is 6.42 Å². The number of nitrogens with zero attached hydrogens (tertiary/aromatic N) is 4. The number of H-pyrrole nitrogens is 1. The van der Waals surface area contributed by atoms with E-state index in [1.54, 1.807) is 11.3 Å². The van der Waals surface area contributed by atoms with Crippen LogP contribution in [0.2, 0.25) is 0 Å². The van der Waals surface area contributed by atoms with Crippen molar-refractivity contribution in [2.45, 2.75) is 45.2 Å². The summed E-state index contributed by atoms with van der Waals surface area (Å²) in [6, 6.07) is 4.16. The van der Waals surface area contributed by atoms with Crippen molar-refractivity contribution in [2.24, 2.45) is 0 Å². The van der Waals surface area contributed by atoms with Crippen LogP contribution in [-0.2, 0) is 6.54 Å². The maximum Gasteiger partial charge on any atom is 0.272 e. The van der Waals surface area contributed by atoms with E-state index in [2.05, 4.69) is 19.7 Å². The van der Waals surface area contributed by atoms with Crippen LogP contribution in [0.3, 0.4) is 0 Å². The number of thiophene rings is 1. The number of aryl methyl sites for hydroxylation is 2. The van der Waals surface area contributed by atoms with Crippen LogP contribution < -0.4 is 0 Å². The fourth-order valence-electron chi connectivity index (χ4n) is 3.64. The summed E-state index contributed by atoms with van der Waals surface area (Å²) in [4.78, 5) is 19.4. The Morgan fingerprint density at radius 1 is 1.42 bits per heavy atom. The average Bonchev–Trinajstić information content (AvgIpc) is 3.41. The van der Waals surface area contributed by atoms with Gasteiger partial charge in [0.2, 0.25) is 0 Å². The highest BCUT2D eigenvalue weighted by Gasteiger charge is 2.28. The molecule has 4 rings (SSSR count). The van der Waals surface area contributed by atoms with E-state index in [-0.39, 0.29) is 11.9 Å². The summed E-state index contributed by atoms with van der Waals surface area (Å²) in [7, 11) is 0. The van der Waals surface area contributed by atoms with Crippen molar-refractivity contribution in [3.63, 3.8) is 0 Å². The summed E-state index contributed by atoms with van der Waals surface area (Å²) < 4.78 is 2.15. The third kappa shape index (κ3) is 3.44. The SMILES string of the molecule is Cc1nccn1CC[C@H]1CCCCN1C(=O)c1cc(-c2ccsc2)n[nH]1. The predicted octanol–water partition coefficient (Wildman–Crippen LogP) is 3.73. The standard InChI is InChI=1S/C19H23N5OS/c1-14-20-7-10-23(14)9-5-16-4-2-3-8-24(16)19(25)18-12-17(21-22-18)15-6-11-26-13-15/h6-7,10-13,16H,2-5,8-9H2,1H3,(H,21,22)/t16-/m1/s1. The second kappa shape index (κ2) is 7.45. The molecule has 0 unspecified atom stereocenters. The summed E-state index contributed by atoms with van der Waals surface area (Å²) in [5.41, 5.74) is 2.46. The maximum absolute atomic E-state index is 13.1. The summed E-state index contributed by atoms with van der Waals surface area (Å²) >= 11 is 1.63. The Morgan fingerprint density at radius 2 is 2.35 bits per heavy atom. The lowest BCUT2D eigenvalue weighted by Gasteiger charge is -2.35. The highest BCUT2D eigenvalue weighted by molar-refractivity contribution is 7.08. The Labute approximate surface area is 156 Å². The van der Waals surface area contributed by atoms with Gasteiger partial charge in [0.15, 0.2) is 0 Å². The first kappa shape index (κ1) is 17.0. The van der Waals surface area contributed by atoms with Gasteiger partial charge in [0.05, 0.1) is 5.69 Å². The molecule has 1 amide bonds. The zero-order valence-electron chi connectivity index (χ0n) is 14.9. The van der Waals surface area contributed by atoms with Crippen LogP contribution in [0.15, 0.2) is 35.3 Å². The van der Waals surface area contributed by atoms with Gasteiger partial charge >= 0.3 is 0 Å². The van der Waals surface area contributed by atoms with E-state index in [9.17, 15) is 4.79 Å². The topological polar surface area (TPSA) is 66.8 Å². The Morgan fingerprint density at radius 3 is 3.12 bits per heavy atom. The Hall–Kier alpha value is -2.41. The molecule has 0 aromatic carbocycles. The fourth-order valence-corrected chi connectivity index (χ4v) is 4.29. The number of aromatic nitrogens is 4. The molecule has 0 aliphatic carbocycles. The van der Waals surface area contributed by atoms with Crippen molar-refractivity contribution >= 4 is 17.2 Å². The summed E-state index contributed by atoms with van der Waals surface area (Å²) in [5, 5.41) is 11.3. The summed E-state index contributed by atoms with van der Waals surface area (Å²) in [6.07, 6.45) is 8.10. The van der Waals surface area contributed by atoms with Gasteiger partial charge in [-0.2, -0.15) is 16.4 Å². The molecule has 0 saturated carbocycles. The second-order valence-electron chi connectivity index (χ2n) is 6.78. The lowest BCUT2D eigenvalue weighted by Crippen LogP contribution is -2.44. The van der Waals surface area contributed by atoms with E-state index < -0.39 is 0 Å². The highest BCUT2D eigenvalue weighted by Crippen LogP contribution is 2.25. The molecule has 3 aromatic heterocycles. The van der Waals surface area contributed by atoms with Crippen LogP contribution >= 0.6 is 11.3 Å². The lowest BCUT2D eigenvalue weighted by atomic mass is 9.98. The van der Waals surface area contributed by atoms with E-state index in [4.69, 9.17) is 0 Å². The minimum atomic E-state index is 0.0611. The van der Waals surface area contributed by atoms with Gasteiger partial charge < -0.3 is 9.47 Å². The molecule has 26 heavy (non-hydrogen) atoms. The first-order valence-corrected chi connectivity index (χ1v) is 10.0. The largest absolute Gasteiger partial charge is 0.335 e. The molecule has 3 aromatic rings. The normalized spacial score (nSPS) is 17.6. The van der Waals surface area contributed by atoms with Crippen molar-refractivity contribution < 1.29 is 4.79 Å². The Bertz CT molecular complexity index is 866. The second-order valence-corrected chi connectivity index (χ2v) is 7.56. The summed E-state index contributed by atoms with van der Waals surface area (Å²) in [6.45, 7) is 3.73. The zero-order chi connectivity index (χ0) is 17.9. The smallest absolute Gasteiger partial charge is 0.272 e. The molecule has 6 nitrogen and oxygen atoms in total. The number of nitrogens with one attached hydrogen (secondary N) is 1. The van der Waals surface area contributed by atoms with Crippen LogP contribution in [0.5, 0.6) is 0 Å².